The van der Waals surface area contributed by atoms with Crippen molar-refractivity contribution < 1.29 is 58.5 Å². The van der Waals surface area contributed by atoms with E-state index in [9.17, 15) is 14.7 Å². The quantitative estimate of drug-likeness (QED) is 0.371. The number of Topliss-reactive ketones (excluding diaryl/α,β-unsaturated/α-hetero) is 1. The summed E-state index contributed by atoms with van der Waals surface area (Å²) >= 11 is 0. The molecule has 4 rings (SSSR count). The Hall–Kier alpha value is -2.28. The second-order valence-corrected chi connectivity index (χ2v) is 7.99. The predicted molar refractivity (Wildman–Crippen MR) is 113 cm³/mol. The van der Waals surface area contributed by atoms with Crippen molar-refractivity contribution in [2.75, 3.05) is 13.9 Å². The average molecular weight is 444 g/mol. The Bertz CT molecular complexity index is 1050. The molecule has 7 heteroatoms. The predicted octanol–water partition coefficient (Wildman–Crippen LogP) is 0.703. The fourth-order valence-corrected chi connectivity index (χ4v) is 4.49. The largest absolute Gasteiger partial charge is 1.00 e. The average Bonchev–Trinajstić information content (AvgIpc) is 3.25. The summed E-state index contributed by atoms with van der Waals surface area (Å²) in [6.07, 6.45) is 4.56. The molecule has 1 aliphatic carbocycles. The van der Waals surface area contributed by atoms with E-state index in [1.165, 1.54) is 0 Å². The standard InChI is InChI=1S/C25H26O6.Na/c1-15-12-18(29-2)9-10-19(15)24(26)22(16-6-4-3-5-7-16)23(25(27)28)17-8-11-20-21(13-17)31-14-30-20;/h8-13,16H,3-7,14H2,1-2H3,(H,27,28);/q;+1/p-1. The van der Waals surface area contributed by atoms with Crippen LogP contribution in [-0.4, -0.2) is 25.7 Å². The van der Waals surface area contributed by atoms with Gasteiger partial charge in [0, 0.05) is 16.7 Å². The number of carbonyl (C=O) groups excluding carboxylic acids is 2. The summed E-state index contributed by atoms with van der Waals surface area (Å²) < 4.78 is 16.0. The number of aryl methyl sites for hydroxylation is 1. The van der Waals surface area contributed by atoms with Crippen LogP contribution in [0.1, 0.15) is 53.6 Å². The number of hydrogen-bond acceptors (Lipinski definition) is 6. The van der Waals surface area contributed by atoms with E-state index in [4.69, 9.17) is 14.2 Å². The van der Waals surface area contributed by atoms with Crippen LogP contribution in [0.5, 0.6) is 17.2 Å². The van der Waals surface area contributed by atoms with Crippen molar-refractivity contribution in [3.05, 3.63) is 58.7 Å². The van der Waals surface area contributed by atoms with Crippen molar-refractivity contribution in [3.8, 4) is 17.2 Å². The van der Waals surface area contributed by atoms with Gasteiger partial charge in [0.2, 0.25) is 6.79 Å². The molecular weight excluding hydrogens is 419 g/mol. The Balaban J connectivity index is 0.00000289. The van der Waals surface area contributed by atoms with Crippen LogP contribution in [0, 0.1) is 12.8 Å². The molecule has 0 N–H and O–H groups in total. The minimum atomic E-state index is -1.36. The van der Waals surface area contributed by atoms with Crippen LogP contribution < -0.4 is 48.9 Å². The number of carboxylic acids is 1. The summed E-state index contributed by atoms with van der Waals surface area (Å²) in [6.45, 7) is 1.91. The summed E-state index contributed by atoms with van der Waals surface area (Å²) in [4.78, 5) is 26.2. The summed E-state index contributed by atoms with van der Waals surface area (Å²) in [5, 5.41) is 12.4. The van der Waals surface area contributed by atoms with Gasteiger partial charge in [0.25, 0.3) is 0 Å². The number of allylic oxidation sites excluding steroid dienone is 1. The molecule has 32 heavy (non-hydrogen) atoms. The number of hydrogen-bond donors (Lipinski definition) is 0. The molecule has 0 saturated heterocycles. The van der Waals surface area contributed by atoms with E-state index in [0.717, 1.165) is 37.7 Å². The van der Waals surface area contributed by atoms with E-state index >= 15 is 0 Å². The molecule has 0 spiro atoms. The van der Waals surface area contributed by atoms with Crippen molar-refractivity contribution >= 4 is 17.3 Å². The molecular formula is C25H25NaO6. The fourth-order valence-electron chi connectivity index (χ4n) is 4.49. The second kappa shape index (κ2) is 10.6. The number of benzene rings is 2. The third kappa shape index (κ3) is 4.87. The molecule has 0 radical (unpaired) electrons. The molecule has 0 aromatic heterocycles. The van der Waals surface area contributed by atoms with Gasteiger partial charge >= 0.3 is 29.6 Å². The van der Waals surface area contributed by atoms with Crippen molar-refractivity contribution in [2.24, 2.45) is 5.92 Å². The van der Waals surface area contributed by atoms with E-state index in [1.807, 2.05) is 6.92 Å². The molecule has 1 aliphatic heterocycles. The van der Waals surface area contributed by atoms with Gasteiger partial charge in [-0.2, -0.15) is 0 Å². The topological polar surface area (TPSA) is 84.9 Å². The maximum Gasteiger partial charge on any atom is 1.00 e. The minimum Gasteiger partial charge on any atom is -0.545 e. The van der Waals surface area contributed by atoms with Crippen LogP contribution >= 0.6 is 0 Å². The number of carbonyl (C=O) groups is 2. The third-order valence-corrected chi connectivity index (χ3v) is 6.07. The zero-order chi connectivity index (χ0) is 22.0. The summed E-state index contributed by atoms with van der Waals surface area (Å²) in [6, 6.07) is 10.1. The zero-order valence-corrected chi connectivity index (χ0v) is 20.7. The number of fused-ring (bicyclic) bond motifs is 1. The van der Waals surface area contributed by atoms with Gasteiger partial charge in [-0.15, -0.1) is 0 Å². The van der Waals surface area contributed by atoms with Crippen molar-refractivity contribution in [3.63, 3.8) is 0 Å². The Morgan fingerprint density at radius 1 is 1.00 bits per heavy atom. The van der Waals surface area contributed by atoms with Crippen LogP contribution in [0.15, 0.2) is 42.0 Å². The van der Waals surface area contributed by atoms with Crippen molar-refractivity contribution in [1.29, 1.82) is 0 Å². The van der Waals surface area contributed by atoms with E-state index in [2.05, 4.69) is 0 Å². The molecule has 1 fully saturated rings. The van der Waals surface area contributed by atoms with E-state index in [0.29, 0.717) is 33.9 Å². The zero-order valence-electron chi connectivity index (χ0n) is 18.7. The smallest absolute Gasteiger partial charge is 0.545 e. The third-order valence-electron chi connectivity index (χ3n) is 6.07. The van der Waals surface area contributed by atoms with E-state index in [1.54, 1.807) is 43.5 Å². The molecule has 2 aliphatic rings. The van der Waals surface area contributed by atoms with Gasteiger partial charge in [-0.05, 0) is 67.1 Å². The van der Waals surface area contributed by atoms with E-state index < -0.39 is 5.97 Å². The molecule has 2 aromatic rings. The monoisotopic (exact) mass is 444 g/mol. The maximum atomic E-state index is 13.8. The van der Waals surface area contributed by atoms with Gasteiger partial charge in [-0.25, -0.2) is 0 Å². The molecule has 0 atom stereocenters. The summed E-state index contributed by atoms with van der Waals surface area (Å²) in [5.41, 5.74) is 1.85. The maximum absolute atomic E-state index is 13.8. The first-order valence-corrected chi connectivity index (χ1v) is 10.5. The van der Waals surface area contributed by atoms with Crippen molar-refractivity contribution in [2.45, 2.75) is 39.0 Å². The molecule has 0 unspecified atom stereocenters. The van der Waals surface area contributed by atoms with Crippen molar-refractivity contribution in [1.82, 2.24) is 0 Å². The van der Waals surface area contributed by atoms with E-state index in [-0.39, 0.29) is 53.6 Å². The van der Waals surface area contributed by atoms with Gasteiger partial charge in [0.05, 0.1) is 13.1 Å². The van der Waals surface area contributed by atoms with Gasteiger partial charge in [-0.3, -0.25) is 4.79 Å². The first-order chi connectivity index (χ1) is 15.0. The summed E-state index contributed by atoms with van der Waals surface area (Å²) in [7, 11) is 1.57. The molecule has 0 bridgehead atoms. The second-order valence-electron chi connectivity index (χ2n) is 7.99. The first kappa shape index (κ1) is 24.4. The van der Waals surface area contributed by atoms with Crippen LogP contribution in [0.25, 0.3) is 5.57 Å². The number of carboxylic acid groups (broad SMARTS) is 1. The molecule has 0 amide bonds. The van der Waals surface area contributed by atoms with Gasteiger partial charge in [0.15, 0.2) is 17.3 Å². The Labute approximate surface area is 209 Å². The molecule has 2 aromatic carbocycles. The Kier molecular flexibility index (Phi) is 8.04. The van der Waals surface area contributed by atoms with Crippen LogP contribution in [-0.2, 0) is 4.79 Å². The Morgan fingerprint density at radius 3 is 2.38 bits per heavy atom. The van der Waals surface area contributed by atoms with Crippen LogP contribution in [0.3, 0.4) is 0 Å². The number of aliphatic carboxylic acids is 1. The number of ether oxygens (including phenoxy) is 3. The molecule has 1 saturated carbocycles. The summed E-state index contributed by atoms with van der Waals surface area (Å²) in [5.74, 6) is -0.109. The normalized spacial score (nSPS) is 16.1. The first-order valence-electron chi connectivity index (χ1n) is 10.5. The molecule has 1 heterocycles. The molecule has 6 nitrogen and oxygen atoms in total. The molecule has 162 valence electrons. The van der Waals surface area contributed by atoms with Crippen LogP contribution in [0.2, 0.25) is 0 Å². The van der Waals surface area contributed by atoms with Gasteiger partial charge < -0.3 is 24.1 Å². The Morgan fingerprint density at radius 2 is 1.72 bits per heavy atom. The number of methoxy groups -OCH3 is 1. The SMILES string of the molecule is COc1ccc(C(=O)C(=C(C(=O)[O-])c2ccc3c(c2)OCO3)C2CCCCC2)c(C)c1.[Na+]. The van der Waals surface area contributed by atoms with Gasteiger partial charge in [-0.1, -0.05) is 25.3 Å². The number of rotatable bonds is 6. The number of ketones is 1. The van der Waals surface area contributed by atoms with Gasteiger partial charge in [0.1, 0.15) is 5.75 Å². The van der Waals surface area contributed by atoms with Crippen LogP contribution in [0.4, 0.5) is 0 Å². The fraction of sp³-hybridized carbons (Fsp3) is 0.360. The minimum absolute atomic E-state index is 0.